The highest BCUT2D eigenvalue weighted by atomic mass is 19.1. The predicted octanol–water partition coefficient (Wildman–Crippen LogP) is 1.83. The van der Waals surface area contributed by atoms with Crippen LogP contribution in [0.3, 0.4) is 0 Å². The molecular weight excluding hydrogens is 251 g/mol. The van der Waals surface area contributed by atoms with E-state index in [9.17, 15) is 9.18 Å². The van der Waals surface area contributed by atoms with Crippen molar-refractivity contribution in [2.24, 2.45) is 0 Å². The van der Waals surface area contributed by atoms with Crippen molar-refractivity contribution in [1.82, 2.24) is 4.90 Å². The van der Waals surface area contributed by atoms with E-state index < -0.39 is 17.3 Å². The number of carboxylic acid groups (broad SMARTS) is 1. The zero-order valence-corrected chi connectivity index (χ0v) is 11.5. The van der Waals surface area contributed by atoms with Gasteiger partial charge in [-0.1, -0.05) is 0 Å². The Labute approximate surface area is 111 Å². The van der Waals surface area contributed by atoms with Gasteiger partial charge >= 0.3 is 5.97 Å². The molecule has 0 radical (unpaired) electrons. The first-order valence-electron chi connectivity index (χ1n) is 5.77. The van der Waals surface area contributed by atoms with Crippen molar-refractivity contribution in [1.29, 1.82) is 0 Å². The summed E-state index contributed by atoms with van der Waals surface area (Å²) in [4.78, 5) is 12.7. The van der Waals surface area contributed by atoms with Crippen LogP contribution in [0.1, 0.15) is 24.2 Å². The smallest absolute Gasteiger partial charge is 0.338 e. The summed E-state index contributed by atoms with van der Waals surface area (Å²) in [5.41, 5.74) is 5.05. The number of anilines is 1. The molecule has 1 rings (SSSR count). The second kappa shape index (κ2) is 5.44. The van der Waals surface area contributed by atoms with Gasteiger partial charge in [0.15, 0.2) is 0 Å². The lowest BCUT2D eigenvalue weighted by Crippen LogP contribution is -2.43. The summed E-state index contributed by atoms with van der Waals surface area (Å²) in [5, 5.41) is 8.77. The van der Waals surface area contributed by atoms with Crippen LogP contribution in [0.4, 0.5) is 10.1 Å². The summed E-state index contributed by atoms with van der Waals surface area (Å²) in [6.45, 7) is 4.23. The molecule has 106 valence electrons. The maximum atomic E-state index is 13.5. The second-order valence-corrected chi connectivity index (χ2v) is 5.17. The van der Waals surface area contributed by atoms with Gasteiger partial charge < -0.3 is 20.5 Å². The van der Waals surface area contributed by atoms with Crippen molar-refractivity contribution in [3.8, 4) is 5.75 Å². The molecule has 0 bridgehead atoms. The minimum absolute atomic E-state index is 0.105. The molecule has 1 aromatic rings. The number of ether oxygens (including phenoxy) is 1. The number of hydrogen-bond donors (Lipinski definition) is 2. The van der Waals surface area contributed by atoms with Crippen LogP contribution < -0.4 is 10.5 Å². The Morgan fingerprint density at radius 3 is 2.53 bits per heavy atom. The highest BCUT2D eigenvalue weighted by molar-refractivity contribution is 5.89. The largest absolute Gasteiger partial charge is 0.489 e. The predicted molar refractivity (Wildman–Crippen MR) is 71.0 cm³/mol. The number of nitrogens with two attached hydrogens (primary N) is 1. The molecule has 0 aliphatic carbocycles. The monoisotopic (exact) mass is 270 g/mol. The summed E-state index contributed by atoms with van der Waals surface area (Å²) in [6, 6.07) is 2.07. The van der Waals surface area contributed by atoms with E-state index in [1.807, 2.05) is 32.8 Å². The molecule has 5 nitrogen and oxygen atoms in total. The normalized spacial score (nSPS) is 11.7. The number of nitrogen functional groups attached to an aromatic ring is 1. The molecule has 0 unspecified atom stereocenters. The van der Waals surface area contributed by atoms with Crippen LogP contribution in [-0.4, -0.2) is 42.2 Å². The Morgan fingerprint density at radius 1 is 1.47 bits per heavy atom. The Bertz CT molecular complexity index is 487. The molecule has 3 N–H and O–H groups in total. The number of benzene rings is 1. The van der Waals surface area contributed by atoms with E-state index in [2.05, 4.69) is 0 Å². The Balaban J connectivity index is 2.92. The Kier molecular flexibility index (Phi) is 4.36. The maximum Gasteiger partial charge on any atom is 0.338 e. The first-order chi connectivity index (χ1) is 8.65. The van der Waals surface area contributed by atoms with Gasteiger partial charge in [-0.2, -0.15) is 0 Å². The number of carboxylic acids is 1. The Hall–Kier alpha value is -1.82. The highest BCUT2D eigenvalue weighted by Gasteiger charge is 2.22. The van der Waals surface area contributed by atoms with E-state index in [4.69, 9.17) is 15.6 Å². The van der Waals surface area contributed by atoms with E-state index >= 15 is 0 Å². The van der Waals surface area contributed by atoms with Gasteiger partial charge in [0.25, 0.3) is 0 Å². The molecule has 0 spiro atoms. The van der Waals surface area contributed by atoms with Gasteiger partial charge in [-0.05, 0) is 34.0 Å². The van der Waals surface area contributed by atoms with Gasteiger partial charge in [0, 0.05) is 11.6 Å². The lowest BCUT2D eigenvalue weighted by atomic mass is 10.1. The SMILES string of the molecule is CN(C)C(C)(C)COc1cc(F)c(C(=O)O)cc1N. The minimum atomic E-state index is -1.36. The van der Waals surface area contributed by atoms with E-state index in [1.54, 1.807) is 0 Å². The first kappa shape index (κ1) is 15.2. The third-order valence-corrected chi connectivity index (χ3v) is 3.12. The summed E-state index contributed by atoms with van der Waals surface area (Å²) in [5.74, 6) is -2.07. The minimum Gasteiger partial charge on any atom is -0.489 e. The molecule has 19 heavy (non-hydrogen) atoms. The zero-order chi connectivity index (χ0) is 14.8. The molecule has 6 heteroatoms. The lowest BCUT2D eigenvalue weighted by molar-refractivity contribution is 0.0691. The standard InChI is InChI=1S/C13H19FN2O3/c1-13(2,16(3)4)7-19-11-6-9(14)8(12(17)18)5-10(11)15/h5-6H,7,15H2,1-4H3,(H,17,18). The first-order valence-corrected chi connectivity index (χ1v) is 5.77. The molecule has 0 aliphatic heterocycles. The second-order valence-electron chi connectivity index (χ2n) is 5.17. The lowest BCUT2D eigenvalue weighted by Gasteiger charge is -2.32. The third kappa shape index (κ3) is 3.57. The summed E-state index contributed by atoms with van der Waals surface area (Å²) < 4.78 is 19.0. The van der Waals surface area contributed by atoms with E-state index in [0.29, 0.717) is 6.61 Å². The molecule has 1 aromatic carbocycles. The number of likely N-dealkylation sites (N-methyl/N-ethyl adjacent to an activating group) is 1. The number of halogens is 1. The molecular formula is C13H19FN2O3. The van der Waals surface area contributed by atoms with Crippen LogP contribution >= 0.6 is 0 Å². The van der Waals surface area contributed by atoms with Crippen LogP contribution in [0, 0.1) is 5.82 Å². The van der Waals surface area contributed by atoms with Crippen LogP contribution in [0.25, 0.3) is 0 Å². The summed E-state index contributed by atoms with van der Waals surface area (Å²) in [6.07, 6.45) is 0. The number of rotatable bonds is 5. The van der Waals surface area contributed by atoms with Crippen molar-refractivity contribution < 1.29 is 19.0 Å². The fourth-order valence-electron chi connectivity index (χ4n) is 1.24. The van der Waals surface area contributed by atoms with Crippen molar-refractivity contribution in [3.05, 3.63) is 23.5 Å². The van der Waals surface area contributed by atoms with Crippen LogP contribution in [0.15, 0.2) is 12.1 Å². The molecule has 0 amide bonds. The maximum absolute atomic E-state index is 13.5. The number of nitrogens with zero attached hydrogens (tertiary/aromatic N) is 1. The van der Waals surface area contributed by atoms with Crippen LogP contribution in [-0.2, 0) is 0 Å². The Morgan fingerprint density at radius 2 is 2.05 bits per heavy atom. The zero-order valence-electron chi connectivity index (χ0n) is 11.5. The topological polar surface area (TPSA) is 75.8 Å². The molecule has 0 aromatic heterocycles. The van der Waals surface area contributed by atoms with Gasteiger partial charge in [0.2, 0.25) is 0 Å². The van der Waals surface area contributed by atoms with E-state index in [0.717, 1.165) is 12.1 Å². The van der Waals surface area contributed by atoms with Gasteiger partial charge in [-0.25, -0.2) is 9.18 Å². The van der Waals surface area contributed by atoms with Crippen LogP contribution in [0.2, 0.25) is 0 Å². The molecule has 0 aliphatic rings. The van der Waals surface area contributed by atoms with Gasteiger partial charge in [0.05, 0.1) is 11.3 Å². The summed E-state index contributed by atoms with van der Waals surface area (Å²) >= 11 is 0. The molecule has 0 saturated heterocycles. The quantitative estimate of drug-likeness (QED) is 0.798. The van der Waals surface area contributed by atoms with Crippen molar-refractivity contribution >= 4 is 11.7 Å². The van der Waals surface area contributed by atoms with Gasteiger partial charge in [-0.15, -0.1) is 0 Å². The van der Waals surface area contributed by atoms with Crippen molar-refractivity contribution in [3.63, 3.8) is 0 Å². The molecule has 0 atom stereocenters. The molecule has 0 heterocycles. The van der Waals surface area contributed by atoms with E-state index in [-0.39, 0.29) is 17.0 Å². The third-order valence-electron chi connectivity index (χ3n) is 3.12. The average molecular weight is 270 g/mol. The molecule has 0 saturated carbocycles. The van der Waals surface area contributed by atoms with E-state index in [1.165, 1.54) is 0 Å². The highest BCUT2D eigenvalue weighted by Crippen LogP contribution is 2.26. The summed E-state index contributed by atoms with van der Waals surface area (Å²) in [7, 11) is 3.81. The average Bonchev–Trinajstić information content (AvgIpc) is 2.29. The number of carbonyl (C=O) groups is 1. The fourth-order valence-corrected chi connectivity index (χ4v) is 1.24. The fraction of sp³-hybridized carbons (Fsp3) is 0.462. The van der Waals surface area contributed by atoms with Gasteiger partial charge in [-0.3, -0.25) is 0 Å². The number of hydrogen-bond acceptors (Lipinski definition) is 4. The van der Waals surface area contributed by atoms with Gasteiger partial charge in [0.1, 0.15) is 18.2 Å². The van der Waals surface area contributed by atoms with Crippen LogP contribution in [0.5, 0.6) is 5.75 Å². The molecule has 0 fully saturated rings. The number of aromatic carboxylic acids is 1. The van der Waals surface area contributed by atoms with Crippen molar-refractivity contribution in [2.45, 2.75) is 19.4 Å². The van der Waals surface area contributed by atoms with Crippen molar-refractivity contribution in [2.75, 3.05) is 26.4 Å².